The number of fused-ring (bicyclic) bond motifs is 1. The van der Waals surface area contributed by atoms with Crippen molar-refractivity contribution in [1.82, 2.24) is 0 Å². The molecule has 0 saturated carbocycles. The first-order chi connectivity index (χ1) is 17.5. The van der Waals surface area contributed by atoms with Crippen molar-refractivity contribution in [3.05, 3.63) is 96.0 Å². The lowest BCUT2D eigenvalue weighted by atomic mass is 10.1. The molecule has 1 aliphatic rings. The number of nitro benzene ring substituents is 1. The van der Waals surface area contributed by atoms with Gasteiger partial charge in [0, 0.05) is 22.7 Å². The summed E-state index contributed by atoms with van der Waals surface area (Å²) in [5.41, 5.74) is -1.35. The lowest BCUT2D eigenvalue weighted by Crippen LogP contribution is -2.30. The van der Waals surface area contributed by atoms with Crippen LogP contribution in [-0.2, 0) is 4.74 Å². The molecule has 2 amide bonds. The number of methoxy groups -OCH3 is 1. The summed E-state index contributed by atoms with van der Waals surface area (Å²) < 4.78 is 10.3. The van der Waals surface area contributed by atoms with Gasteiger partial charge in [0.2, 0.25) is 5.78 Å². The number of carbonyl (C=O) groups is 4. The maximum Gasteiger partial charge on any atom is 0.342 e. The summed E-state index contributed by atoms with van der Waals surface area (Å²) >= 11 is 18.1. The number of ketones is 1. The van der Waals surface area contributed by atoms with E-state index in [4.69, 9.17) is 44.3 Å². The number of anilines is 1. The molecule has 0 aliphatic carbocycles. The van der Waals surface area contributed by atoms with E-state index in [2.05, 4.69) is 0 Å². The second-order valence-corrected chi connectivity index (χ2v) is 8.78. The van der Waals surface area contributed by atoms with Gasteiger partial charge < -0.3 is 9.47 Å². The number of nitro groups is 1. The van der Waals surface area contributed by atoms with E-state index in [0.717, 1.165) is 18.2 Å². The van der Waals surface area contributed by atoms with Crippen molar-refractivity contribution in [2.45, 2.75) is 0 Å². The first kappa shape index (κ1) is 26.1. The third-order valence-electron chi connectivity index (χ3n) is 5.39. The molecule has 37 heavy (non-hydrogen) atoms. The Morgan fingerprint density at radius 3 is 2.35 bits per heavy atom. The summed E-state index contributed by atoms with van der Waals surface area (Å²) in [7, 11) is 1.22. The second-order valence-electron chi connectivity index (χ2n) is 7.53. The monoisotopic (exact) mass is 562 g/mol. The zero-order valence-corrected chi connectivity index (χ0v) is 20.9. The Morgan fingerprint density at radius 1 is 0.973 bits per heavy atom. The van der Waals surface area contributed by atoms with Crippen LogP contribution in [0.1, 0.15) is 41.4 Å². The molecule has 1 aliphatic heterocycles. The van der Waals surface area contributed by atoms with Crippen molar-refractivity contribution >= 4 is 69.7 Å². The predicted molar refractivity (Wildman–Crippen MR) is 133 cm³/mol. The van der Waals surface area contributed by atoms with Crippen molar-refractivity contribution in [3.8, 4) is 5.75 Å². The van der Waals surface area contributed by atoms with Gasteiger partial charge in [0.25, 0.3) is 17.5 Å². The highest BCUT2D eigenvalue weighted by atomic mass is 35.5. The molecule has 4 rings (SSSR count). The predicted octanol–water partition coefficient (Wildman–Crippen LogP) is 5.40. The minimum atomic E-state index is -0.985. The molecule has 1 heterocycles. The SMILES string of the molecule is COc1cc(N2C(=O)c3cccc([N+](=O)[O-])c3C2=O)c(Cl)cc1C(=O)OCC(=O)c1ccc(Cl)cc1Cl. The highest BCUT2D eigenvalue weighted by molar-refractivity contribution is 6.41. The Balaban J connectivity index is 1.61. The number of nitrogens with zero attached hydrogens (tertiary/aromatic N) is 2. The first-order valence-corrected chi connectivity index (χ1v) is 11.4. The van der Waals surface area contributed by atoms with Crippen LogP contribution in [-0.4, -0.2) is 42.2 Å². The van der Waals surface area contributed by atoms with Gasteiger partial charge in [0.15, 0.2) is 6.61 Å². The van der Waals surface area contributed by atoms with Crippen molar-refractivity contribution in [2.75, 3.05) is 18.6 Å². The standard InChI is InChI=1S/C24H13Cl3N2O8/c1-36-20-9-18(28-22(31)13-3-2-4-17(29(34)35)21(13)23(28)32)16(27)8-14(20)24(33)37-10-19(30)12-6-5-11(25)7-15(12)26/h2-9H,10H2,1H3. The molecule has 10 nitrogen and oxygen atoms in total. The van der Waals surface area contributed by atoms with Crippen molar-refractivity contribution in [3.63, 3.8) is 0 Å². The fraction of sp³-hybridized carbons (Fsp3) is 0.0833. The van der Waals surface area contributed by atoms with Gasteiger partial charge in [-0.3, -0.25) is 24.5 Å². The van der Waals surface area contributed by atoms with E-state index in [0.29, 0.717) is 9.92 Å². The van der Waals surface area contributed by atoms with E-state index in [9.17, 15) is 29.3 Å². The van der Waals surface area contributed by atoms with Gasteiger partial charge in [0.1, 0.15) is 16.9 Å². The maximum atomic E-state index is 13.0. The van der Waals surface area contributed by atoms with Crippen LogP contribution in [0.2, 0.25) is 15.1 Å². The Morgan fingerprint density at radius 2 is 1.70 bits per heavy atom. The molecular weight excluding hydrogens is 551 g/mol. The number of esters is 1. The lowest BCUT2D eigenvalue weighted by molar-refractivity contribution is -0.385. The van der Waals surface area contributed by atoms with Gasteiger partial charge in [0.05, 0.1) is 33.3 Å². The van der Waals surface area contributed by atoms with Crippen LogP contribution in [0.15, 0.2) is 48.5 Å². The summed E-state index contributed by atoms with van der Waals surface area (Å²) in [6.45, 7) is -0.662. The van der Waals surface area contributed by atoms with Crippen LogP contribution in [0.5, 0.6) is 5.75 Å². The number of hydrogen-bond acceptors (Lipinski definition) is 8. The molecule has 188 valence electrons. The van der Waals surface area contributed by atoms with E-state index < -0.39 is 40.8 Å². The number of hydrogen-bond donors (Lipinski definition) is 0. The van der Waals surface area contributed by atoms with Crippen LogP contribution in [0.25, 0.3) is 0 Å². The zero-order chi connectivity index (χ0) is 27.0. The fourth-order valence-corrected chi connectivity index (χ4v) is 4.45. The number of halogens is 3. The third-order valence-corrected chi connectivity index (χ3v) is 6.24. The highest BCUT2D eigenvalue weighted by Crippen LogP contribution is 2.40. The zero-order valence-electron chi connectivity index (χ0n) is 18.6. The third kappa shape index (κ3) is 4.74. The van der Waals surface area contributed by atoms with Gasteiger partial charge in [-0.05, 0) is 30.3 Å². The van der Waals surface area contributed by atoms with Crippen molar-refractivity contribution < 1.29 is 33.6 Å². The maximum absolute atomic E-state index is 13.0. The average molecular weight is 564 g/mol. The molecule has 0 aromatic heterocycles. The quantitative estimate of drug-likeness (QED) is 0.123. The van der Waals surface area contributed by atoms with Gasteiger partial charge in [-0.1, -0.05) is 40.9 Å². The summed E-state index contributed by atoms with van der Waals surface area (Å²) in [5, 5.41) is 11.5. The number of rotatable bonds is 7. The van der Waals surface area contributed by atoms with Gasteiger partial charge in [-0.25, -0.2) is 9.69 Å². The molecule has 0 radical (unpaired) electrons. The number of Topliss-reactive ketones (excluding diaryl/α,β-unsaturated/α-hetero) is 1. The molecule has 0 spiro atoms. The lowest BCUT2D eigenvalue weighted by Gasteiger charge is -2.18. The number of benzene rings is 3. The molecule has 0 N–H and O–H groups in total. The molecule has 0 atom stereocenters. The molecule has 13 heteroatoms. The van der Waals surface area contributed by atoms with Crippen LogP contribution in [0.4, 0.5) is 11.4 Å². The summed E-state index contributed by atoms with van der Waals surface area (Å²) in [6, 6.07) is 10.1. The number of imide groups is 1. The molecule has 0 unspecified atom stereocenters. The van der Waals surface area contributed by atoms with Crippen LogP contribution < -0.4 is 9.64 Å². The summed E-state index contributed by atoms with van der Waals surface area (Å²) in [4.78, 5) is 62.4. The van der Waals surface area contributed by atoms with Gasteiger partial charge >= 0.3 is 5.97 Å². The minimum Gasteiger partial charge on any atom is -0.496 e. The smallest absolute Gasteiger partial charge is 0.342 e. The largest absolute Gasteiger partial charge is 0.496 e. The van der Waals surface area contributed by atoms with E-state index in [1.54, 1.807) is 0 Å². The van der Waals surface area contributed by atoms with Gasteiger partial charge in [-0.15, -0.1) is 0 Å². The number of amides is 2. The number of carbonyl (C=O) groups excluding carboxylic acids is 4. The van der Waals surface area contributed by atoms with E-state index in [-0.39, 0.29) is 43.7 Å². The van der Waals surface area contributed by atoms with Crippen molar-refractivity contribution in [1.29, 1.82) is 0 Å². The van der Waals surface area contributed by atoms with Crippen LogP contribution in [0, 0.1) is 10.1 Å². The first-order valence-electron chi connectivity index (χ1n) is 10.2. The minimum absolute atomic E-state index is 0.0831. The van der Waals surface area contributed by atoms with Crippen LogP contribution >= 0.6 is 34.8 Å². The molecule has 0 bridgehead atoms. The van der Waals surface area contributed by atoms with Gasteiger partial charge in [-0.2, -0.15) is 0 Å². The summed E-state index contributed by atoms with van der Waals surface area (Å²) in [5.74, 6) is -3.51. The molecule has 0 saturated heterocycles. The average Bonchev–Trinajstić information content (AvgIpc) is 3.11. The number of ether oxygens (including phenoxy) is 2. The highest BCUT2D eigenvalue weighted by Gasteiger charge is 2.43. The van der Waals surface area contributed by atoms with E-state index >= 15 is 0 Å². The summed E-state index contributed by atoms with van der Waals surface area (Å²) in [6.07, 6.45) is 0. The Bertz CT molecular complexity index is 1520. The van der Waals surface area contributed by atoms with Crippen LogP contribution in [0.3, 0.4) is 0 Å². The molecule has 0 fully saturated rings. The second kappa shape index (κ2) is 10.2. The topological polar surface area (TPSA) is 133 Å². The molecular formula is C24H13Cl3N2O8. The van der Waals surface area contributed by atoms with E-state index in [1.165, 1.54) is 37.4 Å². The normalized spacial score (nSPS) is 12.4. The van der Waals surface area contributed by atoms with Crippen molar-refractivity contribution in [2.24, 2.45) is 0 Å². The fourth-order valence-electron chi connectivity index (χ4n) is 3.68. The molecule has 3 aromatic carbocycles. The van der Waals surface area contributed by atoms with E-state index in [1.807, 2.05) is 0 Å². The Labute approximate surface area is 223 Å². The Kier molecular flexibility index (Phi) is 7.17. The molecule has 3 aromatic rings. The Hall–Kier alpha value is -3.99.